The minimum atomic E-state index is -0.191. The molecule has 0 saturated carbocycles. The van der Waals surface area contributed by atoms with Crippen LogP contribution in [0.3, 0.4) is 0 Å². The van der Waals surface area contributed by atoms with Crippen molar-refractivity contribution in [1.29, 1.82) is 0 Å². The predicted octanol–water partition coefficient (Wildman–Crippen LogP) is 2.19. The average Bonchev–Trinajstić information content (AvgIpc) is 3.32. The quantitative estimate of drug-likeness (QED) is 0.735. The second-order valence-corrected chi connectivity index (χ2v) is 6.97. The molecule has 4 rings (SSSR count). The van der Waals surface area contributed by atoms with Gasteiger partial charge in [-0.15, -0.1) is 11.3 Å². The zero-order valence-corrected chi connectivity index (χ0v) is 14.8. The Hall–Kier alpha value is -3.00. The number of carbonyl (C=O) groups excluding carboxylic acids is 1. The van der Waals surface area contributed by atoms with Crippen molar-refractivity contribution >= 4 is 28.3 Å². The van der Waals surface area contributed by atoms with Crippen molar-refractivity contribution in [1.82, 2.24) is 20.3 Å². The maximum atomic E-state index is 12.2. The highest BCUT2D eigenvalue weighted by atomic mass is 32.1. The van der Waals surface area contributed by atoms with Gasteiger partial charge in [0.05, 0.1) is 5.69 Å². The molecule has 1 atom stereocenters. The standard InChI is InChI=1S/C18H18N6OS/c19-17-22-15(11-26-17)16(25)21-13-7-9-24(10-13)18-20-8-6-14(23-18)12-4-2-1-3-5-12/h1-6,8,11,13H,7,9-10H2,(H2,19,22)(H,21,25). The van der Waals surface area contributed by atoms with Crippen molar-refractivity contribution in [3.63, 3.8) is 0 Å². The summed E-state index contributed by atoms with van der Waals surface area (Å²) in [5, 5.41) is 5.07. The van der Waals surface area contributed by atoms with Gasteiger partial charge in [-0.05, 0) is 12.5 Å². The zero-order valence-electron chi connectivity index (χ0n) is 14.0. The molecular weight excluding hydrogens is 348 g/mol. The Morgan fingerprint density at radius 2 is 2.08 bits per heavy atom. The van der Waals surface area contributed by atoms with E-state index in [1.165, 1.54) is 11.3 Å². The molecule has 7 nitrogen and oxygen atoms in total. The number of nitrogens with two attached hydrogens (primary N) is 1. The highest BCUT2D eigenvalue weighted by molar-refractivity contribution is 7.13. The van der Waals surface area contributed by atoms with Crippen LogP contribution in [0.5, 0.6) is 0 Å². The average molecular weight is 366 g/mol. The fraction of sp³-hybridized carbons (Fsp3) is 0.222. The number of nitrogen functional groups attached to an aromatic ring is 1. The van der Waals surface area contributed by atoms with Crippen LogP contribution < -0.4 is 16.0 Å². The highest BCUT2D eigenvalue weighted by Crippen LogP contribution is 2.21. The molecule has 132 valence electrons. The number of aromatic nitrogens is 3. The third kappa shape index (κ3) is 3.50. The molecule has 1 aliphatic heterocycles. The Kier molecular flexibility index (Phi) is 4.49. The van der Waals surface area contributed by atoms with Crippen LogP contribution in [-0.4, -0.2) is 40.0 Å². The lowest BCUT2D eigenvalue weighted by Gasteiger charge is -2.17. The van der Waals surface area contributed by atoms with Gasteiger partial charge in [0.25, 0.3) is 5.91 Å². The first kappa shape index (κ1) is 16.5. The van der Waals surface area contributed by atoms with Crippen molar-refractivity contribution in [2.75, 3.05) is 23.7 Å². The van der Waals surface area contributed by atoms with E-state index in [4.69, 9.17) is 5.73 Å². The van der Waals surface area contributed by atoms with Crippen LogP contribution in [0.1, 0.15) is 16.9 Å². The largest absolute Gasteiger partial charge is 0.375 e. The van der Waals surface area contributed by atoms with Crippen LogP contribution >= 0.6 is 11.3 Å². The van der Waals surface area contributed by atoms with Crippen LogP contribution in [0, 0.1) is 0 Å². The molecular formula is C18H18N6OS. The number of hydrogen-bond donors (Lipinski definition) is 2. The van der Waals surface area contributed by atoms with Crippen molar-refractivity contribution in [2.24, 2.45) is 0 Å². The van der Waals surface area contributed by atoms with Crippen molar-refractivity contribution in [2.45, 2.75) is 12.5 Å². The monoisotopic (exact) mass is 366 g/mol. The Morgan fingerprint density at radius 3 is 2.85 bits per heavy atom. The molecule has 0 radical (unpaired) electrons. The minimum Gasteiger partial charge on any atom is -0.375 e. The second kappa shape index (κ2) is 7.09. The molecule has 1 fully saturated rings. The van der Waals surface area contributed by atoms with Gasteiger partial charge in [-0.2, -0.15) is 0 Å². The maximum absolute atomic E-state index is 12.2. The van der Waals surface area contributed by atoms with Gasteiger partial charge >= 0.3 is 0 Å². The van der Waals surface area contributed by atoms with Gasteiger partial charge in [0.1, 0.15) is 5.69 Å². The molecule has 1 unspecified atom stereocenters. The summed E-state index contributed by atoms with van der Waals surface area (Å²) in [6.07, 6.45) is 2.61. The molecule has 1 aliphatic rings. The van der Waals surface area contributed by atoms with Gasteiger partial charge in [0.15, 0.2) is 5.13 Å². The molecule has 1 saturated heterocycles. The SMILES string of the molecule is Nc1nc(C(=O)NC2CCN(c3nccc(-c4ccccc4)n3)C2)cs1. The summed E-state index contributed by atoms with van der Waals surface area (Å²) in [5.41, 5.74) is 7.90. The number of benzene rings is 1. The summed E-state index contributed by atoms with van der Waals surface area (Å²) in [4.78, 5) is 27.4. The van der Waals surface area contributed by atoms with E-state index >= 15 is 0 Å². The lowest BCUT2D eigenvalue weighted by Crippen LogP contribution is -2.37. The smallest absolute Gasteiger partial charge is 0.271 e. The summed E-state index contributed by atoms with van der Waals surface area (Å²) in [7, 11) is 0. The van der Waals surface area contributed by atoms with E-state index in [1.807, 2.05) is 36.4 Å². The number of thiazole rings is 1. The summed E-state index contributed by atoms with van der Waals surface area (Å²) >= 11 is 1.26. The Labute approximate surface area is 154 Å². The molecule has 26 heavy (non-hydrogen) atoms. The number of hydrogen-bond acceptors (Lipinski definition) is 7. The van der Waals surface area contributed by atoms with Gasteiger partial charge in [0.2, 0.25) is 5.95 Å². The molecule has 8 heteroatoms. The van der Waals surface area contributed by atoms with E-state index in [0.717, 1.165) is 24.2 Å². The topological polar surface area (TPSA) is 97.0 Å². The molecule has 3 N–H and O–H groups in total. The van der Waals surface area contributed by atoms with Crippen molar-refractivity contribution in [3.8, 4) is 11.3 Å². The third-order valence-electron chi connectivity index (χ3n) is 4.27. The minimum absolute atomic E-state index is 0.0365. The van der Waals surface area contributed by atoms with Gasteiger partial charge in [-0.25, -0.2) is 15.0 Å². The Balaban J connectivity index is 1.43. The van der Waals surface area contributed by atoms with E-state index < -0.39 is 0 Å². The summed E-state index contributed by atoms with van der Waals surface area (Å²) < 4.78 is 0. The normalized spacial score (nSPS) is 16.6. The number of carbonyl (C=O) groups is 1. The van der Waals surface area contributed by atoms with E-state index in [1.54, 1.807) is 11.6 Å². The summed E-state index contributed by atoms with van der Waals surface area (Å²) in [5.74, 6) is 0.491. The molecule has 3 aromatic rings. The zero-order chi connectivity index (χ0) is 17.9. The van der Waals surface area contributed by atoms with Crippen LogP contribution in [0.2, 0.25) is 0 Å². The number of nitrogens with zero attached hydrogens (tertiary/aromatic N) is 4. The fourth-order valence-electron chi connectivity index (χ4n) is 2.98. The molecule has 0 aliphatic carbocycles. The lowest BCUT2D eigenvalue weighted by molar-refractivity contribution is 0.0936. The summed E-state index contributed by atoms with van der Waals surface area (Å²) in [6, 6.07) is 12.0. The molecule has 0 bridgehead atoms. The van der Waals surface area contributed by atoms with Crippen LogP contribution in [0.4, 0.5) is 11.1 Å². The molecule has 1 amide bonds. The van der Waals surface area contributed by atoms with Crippen LogP contribution in [0.15, 0.2) is 48.0 Å². The second-order valence-electron chi connectivity index (χ2n) is 6.08. The van der Waals surface area contributed by atoms with Gasteiger partial charge < -0.3 is 16.0 Å². The third-order valence-corrected chi connectivity index (χ3v) is 4.95. The Morgan fingerprint density at radius 1 is 1.23 bits per heavy atom. The number of anilines is 2. The molecule has 0 spiro atoms. The lowest BCUT2D eigenvalue weighted by atomic mass is 10.1. The first-order valence-electron chi connectivity index (χ1n) is 8.34. The number of nitrogens with one attached hydrogen (secondary N) is 1. The molecule has 3 heterocycles. The fourth-order valence-corrected chi connectivity index (χ4v) is 3.52. The molecule has 2 aromatic heterocycles. The van der Waals surface area contributed by atoms with Crippen LogP contribution in [-0.2, 0) is 0 Å². The van der Waals surface area contributed by atoms with E-state index in [-0.39, 0.29) is 11.9 Å². The van der Waals surface area contributed by atoms with E-state index in [9.17, 15) is 4.79 Å². The molecule has 1 aromatic carbocycles. The maximum Gasteiger partial charge on any atom is 0.271 e. The highest BCUT2D eigenvalue weighted by Gasteiger charge is 2.26. The van der Waals surface area contributed by atoms with Gasteiger partial charge in [-0.1, -0.05) is 30.3 Å². The van der Waals surface area contributed by atoms with E-state index in [0.29, 0.717) is 23.3 Å². The number of rotatable bonds is 4. The Bertz CT molecular complexity index is 913. The van der Waals surface area contributed by atoms with E-state index in [2.05, 4.69) is 25.2 Å². The first-order chi connectivity index (χ1) is 12.7. The van der Waals surface area contributed by atoms with Crippen LogP contribution in [0.25, 0.3) is 11.3 Å². The van der Waals surface area contributed by atoms with Gasteiger partial charge in [-0.3, -0.25) is 4.79 Å². The predicted molar refractivity (Wildman–Crippen MR) is 102 cm³/mol. The summed E-state index contributed by atoms with van der Waals surface area (Å²) in [6.45, 7) is 1.46. The number of amides is 1. The van der Waals surface area contributed by atoms with Gasteiger partial charge in [0, 0.05) is 36.3 Å². The van der Waals surface area contributed by atoms with Crippen molar-refractivity contribution in [3.05, 3.63) is 53.7 Å². The first-order valence-corrected chi connectivity index (χ1v) is 9.22. The van der Waals surface area contributed by atoms with Crippen molar-refractivity contribution < 1.29 is 4.79 Å².